The number of nitrogens with zero attached hydrogens (tertiary/aromatic N) is 1. The first-order valence-electron chi connectivity index (χ1n) is 10.8. The molecule has 0 heterocycles. The number of rotatable bonds is 9. The Morgan fingerprint density at radius 2 is 1.66 bits per heavy atom. The van der Waals surface area contributed by atoms with Gasteiger partial charge in [0.15, 0.2) is 5.78 Å². The quantitative estimate of drug-likeness (QED) is 0.576. The summed E-state index contributed by atoms with van der Waals surface area (Å²) in [5.41, 5.74) is 4.78. The lowest BCUT2D eigenvalue weighted by Gasteiger charge is -2.17. The molecule has 3 rings (SSSR count). The molecule has 0 radical (unpaired) electrons. The highest BCUT2D eigenvalue weighted by Crippen LogP contribution is 2.31. The van der Waals surface area contributed by atoms with Crippen LogP contribution in [0.2, 0.25) is 0 Å². The molecule has 1 unspecified atom stereocenters. The van der Waals surface area contributed by atoms with Gasteiger partial charge in [-0.1, -0.05) is 48.5 Å². The highest BCUT2D eigenvalue weighted by molar-refractivity contribution is 6.03. The highest BCUT2D eigenvalue weighted by atomic mass is 16.4. The molecular formula is C26H31NO5. The number of ketones is 1. The van der Waals surface area contributed by atoms with E-state index in [-0.39, 0.29) is 5.92 Å². The lowest BCUT2D eigenvalue weighted by atomic mass is 9.98. The summed E-state index contributed by atoms with van der Waals surface area (Å²) in [6.45, 7) is 4.18. The third-order valence-corrected chi connectivity index (χ3v) is 5.53. The van der Waals surface area contributed by atoms with Crippen molar-refractivity contribution in [2.24, 2.45) is 5.92 Å². The molecule has 0 saturated carbocycles. The molecule has 2 aromatic rings. The number of Topliss-reactive ketones (excluding diaryl/α,β-unsaturated/α-hetero) is 1. The summed E-state index contributed by atoms with van der Waals surface area (Å²) in [5, 5.41) is 15.6. The first-order valence-corrected chi connectivity index (χ1v) is 10.8. The van der Waals surface area contributed by atoms with Gasteiger partial charge in [-0.25, -0.2) is 9.59 Å². The highest BCUT2D eigenvalue weighted by Gasteiger charge is 2.30. The Morgan fingerprint density at radius 1 is 1.00 bits per heavy atom. The average Bonchev–Trinajstić information content (AvgIpc) is 3.09. The Hall–Kier alpha value is -3.25. The summed E-state index contributed by atoms with van der Waals surface area (Å²) in [6.07, 6.45) is 5.23. The van der Waals surface area contributed by atoms with Crippen molar-refractivity contribution in [3.8, 4) is 0 Å². The Bertz CT molecular complexity index is 936. The first kappa shape index (κ1) is 25.0. The molecule has 6 nitrogen and oxygen atoms in total. The zero-order chi connectivity index (χ0) is 23.5. The molecule has 0 amide bonds. The minimum Gasteiger partial charge on any atom is -0.478 e. The fourth-order valence-electron chi connectivity index (χ4n) is 3.87. The van der Waals surface area contributed by atoms with Crippen LogP contribution in [0.4, 0.5) is 0 Å². The predicted molar refractivity (Wildman–Crippen MR) is 124 cm³/mol. The Balaban J connectivity index is 0.000000390. The van der Waals surface area contributed by atoms with E-state index in [4.69, 9.17) is 10.2 Å². The predicted octanol–water partition coefficient (Wildman–Crippen LogP) is 4.02. The van der Waals surface area contributed by atoms with Gasteiger partial charge in [0.1, 0.15) is 0 Å². The summed E-state index contributed by atoms with van der Waals surface area (Å²) in [4.78, 5) is 34.1. The van der Waals surface area contributed by atoms with Crippen LogP contribution in [0.5, 0.6) is 0 Å². The van der Waals surface area contributed by atoms with Crippen molar-refractivity contribution in [2.75, 3.05) is 20.1 Å². The topological polar surface area (TPSA) is 94.9 Å². The molecule has 0 aromatic heterocycles. The average molecular weight is 438 g/mol. The second kappa shape index (κ2) is 12.6. The second-order valence-corrected chi connectivity index (χ2v) is 8.07. The van der Waals surface area contributed by atoms with Crippen LogP contribution in [0, 0.1) is 12.8 Å². The monoisotopic (exact) mass is 437 g/mol. The minimum atomic E-state index is -1.26. The van der Waals surface area contributed by atoms with Crippen molar-refractivity contribution < 1.29 is 24.6 Å². The van der Waals surface area contributed by atoms with Crippen molar-refractivity contribution in [2.45, 2.75) is 32.6 Å². The van der Waals surface area contributed by atoms with E-state index in [0.717, 1.165) is 49.9 Å². The number of hydrogen-bond acceptors (Lipinski definition) is 4. The summed E-state index contributed by atoms with van der Waals surface area (Å²) < 4.78 is 0. The van der Waals surface area contributed by atoms with Gasteiger partial charge >= 0.3 is 11.9 Å². The van der Waals surface area contributed by atoms with E-state index in [9.17, 15) is 14.4 Å². The minimum absolute atomic E-state index is 0.198. The molecule has 1 aliphatic carbocycles. The van der Waals surface area contributed by atoms with Crippen LogP contribution in [0.3, 0.4) is 0 Å². The van der Waals surface area contributed by atoms with Gasteiger partial charge in [0, 0.05) is 30.2 Å². The maximum Gasteiger partial charge on any atom is 0.328 e. The molecule has 2 N–H and O–H groups in total. The first-order chi connectivity index (χ1) is 15.3. The van der Waals surface area contributed by atoms with Crippen LogP contribution in [0.25, 0.3) is 0 Å². The van der Waals surface area contributed by atoms with E-state index in [2.05, 4.69) is 67.4 Å². The number of carboxylic acid groups (broad SMARTS) is 2. The zero-order valence-electron chi connectivity index (χ0n) is 18.7. The Morgan fingerprint density at radius 3 is 2.25 bits per heavy atom. The molecule has 1 atom stereocenters. The number of carbonyl (C=O) groups excluding carboxylic acids is 1. The van der Waals surface area contributed by atoms with Crippen molar-refractivity contribution in [1.29, 1.82) is 0 Å². The second-order valence-electron chi connectivity index (χ2n) is 8.07. The number of carbonyl (C=O) groups is 3. The Labute approximate surface area is 189 Å². The van der Waals surface area contributed by atoms with E-state index in [1.807, 2.05) is 0 Å². The van der Waals surface area contributed by atoms with Crippen molar-refractivity contribution in [3.63, 3.8) is 0 Å². The van der Waals surface area contributed by atoms with Gasteiger partial charge in [0.2, 0.25) is 0 Å². The van der Waals surface area contributed by atoms with Crippen LogP contribution in [-0.2, 0) is 22.4 Å². The van der Waals surface area contributed by atoms with Crippen LogP contribution >= 0.6 is 0 Å². The smallest absolute Gasteiger partial charge is 0.328 e. The fourth-order valence-corrected chi connectivity index (χ4v) is 3.87. The zero-order valence-corrected chi connectivity index (χ0v) is 18.7. The van der Waals surface area contributed by atoms with Crippen LogP contribution in [0.1, 0.15) is 39.9 Å². The molecule has 1 aliphatic rings. The molecule has 0 bridgehead atoms. The molecule has 2 aromatic carbocycles. The van der Waals surface area contributed by atoms with E-state index in [1.165, 1.54) is 11.1 Å². The standard InChI is InChI=1S/C22H27NO.C4H4O4/c1-17-8-6-11-19-16-20(22(24)21(17)19)12-7-14-23(2)15-13-18-9-4-3-5-10-18;5-3(6)1-2-4(7)8/h3-6,8-11,20H,7,12-16H2,1-2H3;1-2H,(H,5,6)(H,7,8)/b;2-1+. The number of fused-ring (bicyclic) bond motifs is 1. The van der Waals surface area contributed by atoms with E-state index < -0.39 is 11.9 Å². The van der Waals surface area contributed by atoms with Gasteiger partial charge in [0.05, 0.1) is 0 Å². The molecular weight excluding hydrogens is 406 g/mol. The summed E-state index contributed by atoms with van der Waals surface area (Å²) in [6, 6.07) is 16.9. The maximum absolute atomic E-state index is 12.6. The number of aryl methyl sites for hydroxylation is 1. The lowest BCUT2D eigenvalue weighted by Crippen LogP contribution is -2.23. The number of hydrogen-bond donors (Lipinski definition) is 2. The number of likely N-dealkylation sites (N-methyl/N-ethyl adjacent to an activating group) is 1. The lowest BCUT2D eigenvalue weighted by molar-refractivity contribution is -0.134. The summed E-state index contributed by atoms with van der Waals surface area (Å²) in [7, 11) is 2.18. The molecule has 0 saturated heterocycles. The van der Waals surface area contributed by atoms with Gasteiger partial charge in [-0.15, -0.1) is 0 Å². The number of aliphatic carboxylic acids is 2. The summed E-state index contributed by atoms with van der Waals surface area (Å²) >= 11 is 0. The molecule has 170 valence electrons. The SMILES string of the molecule is Cc1cccc2c1C(=O)C(CCCN(C)CCc1ccccc1)C2.O=C(O)/C=C/C(=O)O. The third-order valence-electron chi connectivity index (χ3n) is 5.53. The third kappa shape index (κ3) is 8.12. The van der Waals surface area contributed by atoms with Crippen molar-refractivity contribution in [1.82, 2.24) is 4.90 Å². The number of benzene rings is 2. The van der Waals surface area contributed by atoms with Crippen LogP contribution in [-0.4, -0.2) is 53.0 Å². The van der Waals surface area contributed by atoms with Crippen molar-refractivity contribution >= 4 is 17.7 Å². The van der Waals surface area contributed by atoms with E-state index in [0.29, 0.717) is 17.9 Å². The van der Waals surface area contributed by atoms with Crippen LogP contribution in [0.15, 0.2) is 60.7 Å². The van der Waals surface area contributed by atoms with Crippen LogP contribution < -0.4 is 0 Å². The largest absolute Gasteiger partial charge is 0.478 e. The van der Waals surface area contributed by atoms with Gasteiger partial charge in [-0.05, 0) is 62.9 Å². The summed E-state index contributed by atoms with van der Waals surface area (Å²) in [5.74, 6) is -1.95. The molecule has 0 fully saturated rings. The van der Waals surface area contributed by atoms with E-state index >= 15 is 0 Å². The molecule has 6 heteroatoms. The molecule has 0 spiro atoms. The normalized spacial score (nSPS) is 14.8. The number of carboxylic acids is 2. The van der Waals surface area contributed by atoms with Gasteiger partial charge in [-0.2, -0.15) is 0 Å². The van der Waals surface area contributed by atoms with E-state index in [1.54, 1.807) is 0 Å². The van der Waals surface area contributed by atoms with Crippen molar-refractivity contribution in [3.05, 3.63) is 82.9 Å². The van der Waals surface area contributed by atoms with Gasteiger partial charge in [-0.3, -0.25) is 4.79 Å². The maximum atomic E-state index is 12.6. The van der Waals surface area contributed by atoms with Gasteiger partial charge < -0.3 is 15.1 Å². The Kier molecular flexibility index (Phi) is 9.82. The van der Waals surface area contributed by atoms with Gasteiger partial charge in [0.25, 0.3) is 0 Å². The molecule has 32 heavy (non-hydrogen) atoms. The molecule has 0 aliphatic heterocycles. The fraction of sp³-hybridized carbons (Fsp3) is 0.346.